The molecule has 0 fully saturated rings. The molecule has 0 saturated heterocycles. The van der Waals surface area contributed by atoms with Crippen LogP contribution in [0.25, 0.3) is 0 Å². The van der Waals surface area contributed by atoms with E-state index in [9.17, 15) is 0 Å². The van der Waals surface area contributed by atoms with Crippen molar-refractivity contribution in [2.75, 3.05) is 6.61 Å². The van der Waals surface area contributed by atoms with E-state index in [1.165, 1.54) is 11.1 Å². The molecular weight excluding hydrogens is 228 g/mol. The molecular formula is C11H13BrO. The highest BCUT2D eigenvalue weighted by molar-refractivity contribution is 9.08. The van der Waals surface area contributed by atoms with Gasteiger partial charge in [0.15, 0.2) is 0 Å². The first-order valence-corrected chi connectivity index (χ1v) is 5.31. The molecule has 1 aromatic carbocycles. The van der Waals surface area contributed by atoms with E-state index in [0.29, 0.717) is 13.2 Å². The van der Waals surface area contributed by atoms with Gasteiger partial charge in [-0.05, 0) is 11.1 Å². The Hall–Kier alpha value is -0.600. The summed E-state index contributed by atoms with van der Waals surface area (Å²) in [5.74, 6) is 0. The fourth-order valence-corrected chi connectivity index (χ4v) is 1.41. The van der Waals surface area contributed by atoms with Crippen LogP contribution < -0.4 is 0 Å². The Bertz CT molecular complexity index is 271. The molecule has 0 heterocycles. The molecule has 0 aliphatic rings. The maximum Gasteiger partial charge on any atom is 0.0721 e. The fraction of sp³-hybridized carbons (Fsp3) is 0.273. The molecule has 0 N–H and O–H groups in total. The summed E-state index contributed by atoms with van der Waals surface area (Å²) in [6.45, 7) is 4.86. The smallest absolute Gasteiger partial charge is 0.0721 e. The molecule has 0 radical (unpaired) electrons. The zero-order valence-corrected chi connectivity index (χ0v) is 9.09. The zero-order chi connectivity index (χ0) is 9.52. The lowest BCUT2D eigenvalue weighted by molar-refractivity contribution is 0.149. The van der Waals surface area contributed by atoms with Crippen molar-refractivity contribution in [2.45, 2.75) is 11.9 Å². The Balaban J connectivity index is 2.50. The highest BCUT2D eigenvalue weighted by atomic mass is 79.9. The van der Waals surface area contributed by atoms with Gasteiger partial charge in [0.2, 0.25) is 0 Å². The van der Waals surface area contributed by atoms with Gasteiger partial charge in [-0.15, -0.1) is 6.58 Å². The second-order valence-corrected chi connectivity index (χ2v) is 3.32. The standard InChI is InChI=1S/C11H13BrO/c1-2-6-13-9-11-5-3-4-10(7-11)8-12/h2-5,7H,1,6,8-9H2. The van der Waals surface area contributed by atoms with E-state index in [1.807, 2.05) is 6.07 Å². The van der Waals surface area contributed by atoms with E-state index in [1.54, 1.807) is 6.08 Å². The first-order valence-electron chi connectivity index (χ1n) is 4.19. The van der Waals surface area contributed by atoms with Gasteiger partial charge in [-0.2, -0.15) is 0 Å². The molecule has 0 amide bonds. The summed E-state index contributed by atoms with van der Waals surface area (Å²) in [6, 6.07) is 8.34. The van der Waals surface area contributed by atoms with Crippen LogP contribution in [-0.2, 0) is 16.7 Å². The molecule has 1 aromatic rings. The van der Waals surface area contributed by atoms with Gasteiger partial charge in [0.05, 0.1) is 13.2 Å². The monoisotopic (exact) mass is 240 g/mol. The van der Waals surface area contributed by atoms with Gasteiger partial charge in [0.1, 0.15) is 0 Å². The normalized spacial score (nSPS) is 9.92. The van der Waals surface area contributed by atoms with E-state index in [0.717, 1.165) is 5.33 Å². The number of hydrogen-bond donors (Lipinski definition) is 0. The van der Waals surface area contributed by atoms with Gasteiger partial charge >= 0.3 is 0 Å². The predicted octanol–water partition coefficient (Wildman–Crippen LogP) is 3.28. The average Bonchev–Trinajstić information content (AvgIpc) is 2.19. The lowest BCUT2D eigenvalue weighted by atomic mass is 10.1. The minimum Gasteiger partial charge on any atom is -0.373 e. The van der Waals surface area contributed by atoms with Crippen molar-refractivity contribution in [3.05, 3.63) is 48.0 Å². The molecule has 0 aliphatic heterocycles. The third kappa shape index (κ3) is 3.75. The molecule has 0 atom stereocenters. The van der Waals surface area contributed by atoms with Crippen LogP contribution in [0.15, 0.2) is 36.9 Å². The minimum absolute atomic E-state index is 0.610. The largest absolute Gasteiger partial charge is 0.373 e. The SMILES string of the molecule is C=CCOCc1cccc(CBr)c1. The number of hydrogen-bond acceptors (Lipinski definition) is 1. The third-order valence-electron chi connectivity index (χ3n) is 1.65. The van der Waals surface area contributed by atoms with Crippen LogP contribution >= 0.6 is 15.9 Å². The summed E-state index contributed by atoms with van der Waals surface area (Å²) >= 11 is 3.42. The molecule has 0 saturated carbocycles. The van der Waals surface area contributed by atoms with Crippen LogP contribution in [0.4, 0.5) is 0 Å². The zero-order valence-electron chi connectivity index (χ0n) is 7.50. The van der Waals surface area contributed by atoms with Gasteiger partial charge < -0.3 is 4.74 Å². The Labute approximate surface area is 87.5 Å². The van der Waals surface area contributed by atoms with Crippen molar-refractivity contribution in [3.63, 3.8) is 0 Å². The van der Waals surface area contributed by atoms with Gasteiger partial charge in [-0.25, -0.2) is 0 Å². The number of rotatable bonds is 5. The summed E-state index contributed by atoms with van der Waals surface area (Å²) in [5.41, 5.74) is 2.48. The van der Waals surface area contributed by atoms with Crippen molar-refractivity contribution < 1.29 is 4.74 Å². The lowest BCUT2D eigenvalue weighted by Gasteiger charge is -2.02. The van der Waals surface area contributed by atoms with Crippen LogP contribution in [0.2, 0.25) is 0 Å². The molecule has 1 nitrogen and oxygen atoms in total. The molecule has 0 aliphatic carbocycles. The quantitative estimate of drug-likeness (QED) is 0.436. The van der Waals surface area contributed by atoms with Crippen LogP contribution in [-0.4, -0.2) is 6.61 Å². The molecule has 70 valence electrons. The summed E-state index contributed by atoms with van der Waals surface area (Å²) < 4.78 is 5.33. The first kappa shape index (κ1) is 10.5. The van der Waals surface area contributed by atoms with Crippen LogP contribution in [0.3, 0.4) is 0 Å². The molecule has 0 spiro atoms. The maximum atomic E-state index is 5.33. The Morgan fingerprint density at radius 2 is 2.15 bits per heavy atom. The maximum absolute atomic E-state index is 5.33. The number of alkyl halides is 1. The van der Waals surface area contributed by atoms with Crippen molar-refractivity contribution in [1.82, 2.24) is 0 Å². The van der Waals surface area contributed by atoms with Gasteiger partial charge in [0, 0.05) is 5.33 Å². The van der Waals surface area contributed by atoms with Crippen molar-refractivity contribution in [1.29, 1.82) is 0 Å². The number of halogens is 1. The minimum atomic E-state index is 0.610. The van der Waals surface area contributed by atoms with E-state index < -0.39 is 0 Å². The predicted molar refractivity (Wildman–Crippen MR) is 58.9 cm³/mol. The molecule has 0 aromatic heterocycles. The van der Waals surface area contributed by atoms with Gasteiger partial charge in [-0.3, -0.25) is 0 Å². The number of ether oxygens (including phenoxy) is 1. The average molecular weight is 241 g/mol. The van der Waals surface area contributed by atoms with Crippen molar-refractivity contribution >= 4 is 15.9 Å². The summed E-state index contributed by atoms with van der Waals surface area (Å²) in [7, 11) is 0. The molecule has 0 unspecified atom stereocenters. The topological polar surface area (TPSA) is 9.23 Å². The van der Waals surface area contributed by atoms with E-state index in [2.05, 4.69) is 40.7 Å². The van der Waals surface area contributed by atoms with Gasteiger partial charge in [-0.1, -0.05) is 46.3 Å². The second kappa shape index (κ2) is 5.95. The van der Waals surface area contributed by atoms with Crippen molar-refractivity contribution in [3.8, 4) is 0 Å². The second-order valence-electron chi connectivity index (χ2n) is 2.76. The Morgan fingerprint density at radius 3 is 2.85 bits per heavy atom. The van der Waals surface area contributed by atoms with Crippen LogP contribution in [0.1, 0.15) is 11.1 Å². The highest BCUT2D eigenvalue weighted by Crippen LogP contribution is 2.09. The highest BCUT2D eigenvalue weighted by Gasteiger charge is 1.94. The Kier molecular flexibility index (Phi) is 4.79. The molecule has 13 heavy (non-hydrogen) atoms. The molecule has 1 rings (SSSR count). The third-order valence-corrected chi connectivity index (χ3v) is 2.30. The first-order chi connectivity index (χ1) is 6.36. The van der Waals surface area contributed by atoms with Crippen molar-refractivity contribution in [2.24, 2.45) is 0 Å². The van der Waals surface area contributed by atoms with E-state index >= 15 is 0 Å². The number of benzene rings is 1. The molecule has 0 bridgehead atoms. The fourth-order valence-electron chi connectivity index (χ4n) is 1.06. The lowest BCUT2D eigenvalue weighted by Crippen LogP contribution is -1.93. The summed E-state index contributed by atoms with van der Waals surface area (Å²) in [6.07, 6.45) is 1.76. The van der Waals surface area contributed by atoms with Crippen LogP contribution in [0.5, 0.6) is 0 Å². The van der Waals surface area contributed by atoms with E-state index in [4.69, 9.17) is 4.74 Å². The summed E-state index contributed by atoms with van der Waals surface area (Å²) in [4.78, 5) is 0. The van der Waals surface area contributed by atoms with Crippen LogP contribution in [0, 0.1) is 0 Å². The van der Waals surface area contributed by atoms with E-state index in [-0.39, 0.29) is 0 Å². The van der Waals surface area contributed by atoms with Gasteiger partial charge in [0.25, 0.3) is 0 Å². The Morgan fingerprint density at radius 1 is 1.38 bits per heavy atom. The molecule has 2 heteroatoms. The summed E-state index contributed by atoms with van der Waals surface area (Å²) in [5, 5.41) is 0.891.